The first-order valence-corrected chi connectivity index (χ1v) is 9.49. The molecule has 4 rings (SSSR count). The summed E-state index contributed by atoms with van der Waals surface area (Å²) in [4.78, 5) is 14.7. The molecular weight excluding hydrogens is 409 g/mol. The Morgan fingerprint density at radius 1 is 1.04 bits per heavy atom. The number of nitrogens with zero attached hydrogens (tertiary/aromatic N) is 3. The topological polar surface area (TPSA) is 59.2 Å². The van der Waals surface area contributed by atoms with Crippen molar-refractivity contribution in [2.45, 2.75) is 25.4 Å². The molecule has 0 bridgehead atoms. The summed E-state index contributed by atoms with van der Waals surface area (Å²) >= 11 is 18.0. The number of hydrogen-bond donors (Lipinski definition) is 0. The molecule has 8 heteroatoms. The van der Waals surface area contributed by atoms with Gasteiger partial charge in [0.2, 0.25) is 11.8 Å². The lowest BCUT2D eigenvalue weighted by Gasteiger charge is -2.21. The van der Waals surface area contributed by atoms with Gasteiger partial charge in [-0.3, -0.25) is 4.79 Å². The van der Waals surface area contributed by atoms with Crippen LogP contribution in [-0.4, -0.2) is 27.0 Å². The predicted molar refractivity (Wildman–Crippen MR) is 104 cm³/mol. The van der Waals surface area contributed by atoms with E-state index in [0.29, 0.717) is 32.4 Å². The van der Waals surface area contributed by atoms with Gasteiger partial charge in [-0.05, 0) is 55.3 Å². The van der Waals surface area contributed by atoms with Gasteiger partial charge in [-0.25, -0.2) is 0 Å². The van der Waals surface area contributed by atoms with Crippen LogP contribution in [0.15, 0.2) is 46.9 Å². The molecule has 2 aromatic carbocycles. The molecular formula is C19H14Cl3N3O2. The van der Waals surface area contributed by atoms with Crippen LogP contribution in [0.2, 0.25) is 15.1 Å². The highest BCUT2D eigenvalue weighted by molar-refractivity contribution is 6.36. The second-order valence-corrected chi connectivity index (χ2v) is 7.58. The van der Waals surface area contributed by atoms with Crippen LogP contribution < -0.4 is 0 Å². The number of benzene rings is 2. The van der Waals surface area contributed by atoms with Gasteiger partial charge in [0.15, 0.2) is 0 Å². The molecule has 0 N–H and O–H groups in total. The summed E-state index contributed by atoms with van der Waals surface area (Å²) in [5.74, 6) is 0.574. The van der Waals surface area contributed by atoms with Crippen molar-refractivity contribution in [2.24, 2.45) is 0 Å². The van der Waals surface area contributed by atoms with Gasteiger partial charge in [-0.2, -0.15) is 0 Å². The maximum absolute atomic E-state index is 13.0. The van der Waals surface area contributed by atoms with Crippen LogP contribution in [-0.2, 0) is 6.54 Å². The molecule has 0 aliphatic heterocycles. The summed E-state index contributed by atoms with van der Waals surface area (Å²) in [7, 11) is 0. The smallest absolute Gasteiger partial charge is 0.256 e. The van der Waals surface area contributed by atoms with Gasteiger partial charge in [0, 0.05) is 21.7 Å². The third kappa shape index (κ3) is 4.10. The number of carbonyl (C=O) groups is 1. The van der Waals surface area contributed by atoms with Crippen molar-refractivity contribution in [2.75, 3.05) is 0 Å². The molecule has 27 heavy (non-hydrogen) atoms. The predicted octanol–water partition coefficient (Wildman–Crippen LogP) is 5.50. The van der Waals surface area contributed by atoms with Crippen LogP contribution in [0.5, 0.6) is 0 Å². The lowest BCUT2D eigenvalue weighted by atomic mass is 10.2. The Morgan fingerprint density at radius 3 is 2.41 bits per heavy atom. The van der Waals surface area contributed by atoms with E-state index in [1.807, 2.05) is 0 Å². The Bertz CT molecular complexity index is 984. The van der Waals surface area contributed by atoms with E-state index < -0.39 is 0 Å². The second kappa shape index (κ2) is 7.50. The van der Waals surface area contributed by atoms with Crippen LogP contribution >= 0.6 is 34.8 Å². The lowest BCUT2D eigenvalue weighted by Crippen LogP contribution is -2.33. The zero-order chi connectivity index (χ0) is 19.0. The van der Waals surface area contributed by atoms with Crippen LogP contribution in [0.4, 0.5) is 0 Å². The van der Waals surface area contributed by atoms with E-state index in [0.717, 1.165) is 18.4 Å². The number of halogens is 3. The maximum atomic E-state index is 13.0. The Labute approximate surface area is 170 Å². The van der Waals surface area contributed by atoms with E-state index >= 15 is 0 Å². The maximum Gasteiger partial charge on any atom is 0.256 e. The van der Waals surface area contributed by atoms with Crippen LogP contribution in [0, 0.1) is 0 Å². The van der Waals surface area contributed by atoms with Gasteiger partial charge in [0.1, 0.15) is 0 Å². The summed E-state index contributed by atoms with van der Waals surface area (Å²) in [5, 5.41) is 9.59. The van der Waals surface area contributed by atoms with Gasteiger partial charge in [0.25, 0.3) is 5.91 Å². The molecule has 0 unspecified atom stereocenters. The fraction of sp³-hybridized carbons (Fsp3) is 0.211. The molecule has 0 saturated heterocycles. The van der Waals surface area contributed by atoms with Crippen LogP contribution in [0.1, 0.15) is 29.1 Å². The molecule has 1 aromatic heterocycles. The average Bonchev–Trinajstić information content (AvgIpc) is 3.38. The molecule has 1 aliphatic rings. The van der Waals surface area contributed by atoms with Crippen molar-refractivity contribution < 1.29 is 9.21 Å². The molecule has 1 heterocycles. The fourth-order valence-electron chi connectivity index (χ4n) is 2.74. The number of aromatic nitrogens is 2. The molecule has 0 atom stereocenters. The quantitative estimate of drug-likeness (QED) is 0.544. The van der Waals surface area contributed by atoms with E-state index in [4.69, 9.17) is 39.2 Å². The van der Waals surface area contributed by atoms with Crippen LogP contribution in [0.25, 0.3) is 11.5 Å². The van der Waals surface area contributed by atoms with Crippen LogP contribution in [0.3, 0.4) is 0 Å². The third-order valence-corrected chi connectivity index (χ3v) is 5.07. The monoisotopic (exact) mass is 421 g/mol. The number of carbonyl (C=O) groups excluding carboxylic acids is 1. The zero-order valence-electron chi connectivity index (χ0n) is 14.0. The molecule has 138 valence electrons. The van der Waals surface area contributed by atoms with Crippen molar-refractivity contribution in [3.05, 3.63) is 69.0 Å². The van der Waals surface area contributed by atoms with E-state index in [-0.39, 0.29) is 18.5 Å². The van der Waals surface area contributed by atoms with Crippen molar-refractivity contribution in [1.82, 2.24) is 15.1 Å². The fourth-order valence-corrected chi connectivity index (χ4v) is 3.36. The average molecular weight is 423 g/mol. The highest BCUT2D eigenvalue weighted by Gasteiger charge is 2.35. The summed E-state index contributed by atoms with van der Waals surface area (Å²) in [5.41, 5.74) is 1.17. The minimum Gasteiger partial charge on any atom is -0.419 e. The van der Waals surface area contributed by atoms with E-state index in [1.54, 1.807) is 47.4 Å². The summed E-state index contributed by atoms with van der Waals surface area (Å²) < 4.78 is 5.74. The minimum absolute atomic E-state index is 0.148. The van der Waals surface area contributed by atoms with Gasteiger partial charge >= 0.3 is 0 Å². The van der Waals surface area contributed by atoms with Gasteiger partial charge in [-0.1, -0.05) is 34.8 Å². The molecule has 1 saturated carbocycles. The van der Waals surface area contributed by atoms with Crippen molar-refractivity contribution in [3.8, 4) is 11.5 Å². The SMILES string of the molecule is O=C(c1ccc(Cl)cc1Cl)N(Cc1nnc(-c2ccc(Cl)cc2)o1)C1CC1. The molecule has 1 aliphatic carbocycles. The van der Waals surface area contributed by atoms with E-state index in [1.165, 1.54) is 0 Å². The first-order valence-electron chi connectivity index (χ1n) is 8.35. The molecule has 1 amide bonds. The summed E-state index contributed by atoms with van der Waals surface area (Å²) in [6, 6.07) is 12.1. The highest BCUT2D eigenvalue weighted by Crippen LogP contribution is 2.32. The Morgan fingerprint density at radius 2 is 1.74 bits per heavy atom. The molecule has 5 nitrogen and oxygen atoms in total. The Hall–Kier alpha value is -2.08. The molecule has 0 radical (unpaired) electrons. The van der Waals surface area contributed by atoms with E-state index in [9.17, 15) is 4.79 Å². The van der Waals surface area contributed by atoms with E-state index in [2.05, 4.69) is 10.2 Å². The summed E-state index contributed by atoms with van der Waals surface area (Å²) in [6.45, 7) is 0.225. The van der Waals surface area contributed by atoms with Gasteiger partial charge in [-0.15, -0.1) is 10.2 Å². The van der Waals surface area contributed by atoms with Crippen molar-refractivity contribution in [3.63, 3.8) is 0 Å². The zero-order valence-corrected chi connectivity index (χ0v) is 16.3. The molecule has 1 fully saturated rings. The van der Waals surface area contributed by atoms with Gasteiger partial charge in [0.05, 0.1) is 17.1 Å². The van der Waals surface area contributed by atoms with Crippen molar-refractivity contribution in [1.29, 1.82) is 0 Å². The largest absolute Gasteiger partial charge is 0.419 e. The number of hydrogen-bond acceptors (Lipinski definition) is 4. The first kappa shape index (κ1) is 18.3. The number of rotatable bonds is 5. The Kier molecular flexibility index (Phi) is 5.08. The minimum atomic E-state index is -0.176. The Balaban J connectivity index is 1.56. The second-order valence-electron chi connectivity index (χ2n) is 6.30. The number of amides is 1. The summed E-state index contributed by atoms with van der Waals surface area (Å²) in [6.07, 6.45) is 1.88. The molecule has 0 spiro atoms. The lowest BCUT2D eigenvalue weighted by molar-refractivity contribution is 0.0714. The first-order chi connectivity index (χ1) is 13.0. The third-order valence-electron chi connectivity index (χ3n) is 4.27. The van der Waals surface area contributed by atoms with Gasteiger partial charge < -0.3 is 9.32 Å². The standard InChI is InChI=1S/C19H14Cl3N3O2/c20-12-3-1-11(2-4-12)18-24-23-17(27-18)10-25(14-6-7-14)19(26)15-8-5-13(21)9-16(15)22/h1-5,8-9,14H,6-7,10H2. The normalized spacial score (nSPS) is 13.6. The molecule has 3 aromatic rings. The van der Waals surface area contributed by atoms with Crippen molar-refractivity contribution >= 4 is 40.7 Å². The highest BCUT2D eigenvalue weighted by atomic mass is 35.5.